The van der Waals surface area contributed by atoms with Gasteiger partial charge < -0.3 is 9.80 Å². The fourth-order valence-corrected chi connectivity index (χ4v) is 3.25. The number of aryl methyl sites for hydroxylation is 2. The first kappa shape index (κ1) is 15.6. The third-order valence-electron chi connectivity index (χ3n) is 4.49. The van der Waals surface area contributed by atoms with Gasteiger partial charge in [-0.3, -0.25) is 4.79 Å². The summed E-state index contributed by atoms with van der Waals surface area (Å²) >= 11 is 0. The standard InChI is InChI=1S/C20H24N2O/c1-3-21(18-11-6-8-16(2)14-18)15-20(23)22-13-7-10-17-9-4-5-12-19(17)22/h4-6,8-9,11-12,14H,3,7,10,13,15H2,1-2H3. The predicted octanol–water partition coefficient (Wildman–Crippen LogP) is 3.80. The molecule has 2 aromatic carbocycles. The minimum absolute atomic E-state index is 0.181. The SMILES string of the molecule is CCN(CC(=O)N1CCCc2ccccc21)c1cccc(C)c1. The lowest BCUT2D eigenvalue weighted by Crippen LogP contribution is -2.43. The van der Waals surface area contributed by atoms with Gasteiger partial charge in [0.2, 0.25) is 5.91 Å². The van der Waals surface area contributed by atoms with E-state index in [2.05, 4.69) is 55.1 Å². The Morgan fingerprint density at radius 2 is 2.00 bits per heavy atom. The van der Waals surface area contributed by atoms with E-state index >= 15 is 0 Å². The van der Waals surface area contributed by atoms with Gasteiger partial charge in [-0.05, 0) is 56.0 Å². The van der Waals surface area contributed by atoms with Gasteiger partial charge in [-0.25, -0.2) is 0 Å². The summed E-state index contributed by atoms with van der Waals surface area (Å²) in [5, 5.41) is 0. The predicted molar refractivity (Wildman–Crippen MR) is 96.2 cm³/mol. The molecule has 0 radical (unpaired) electrons. The van der Waals surface area contributed by atoms with Crippen LogP contribution in [0.2, 0.25) is 0 Å². The van der Waals surface area contributed by atoms with Crippen LogP contribution in [0, 0.1) is 6.92 Å². The van der Waals surface area contributed by atoms with Gasteiger partial charge in [0, 0.05) is 24.5 Å². The highest BCUT2D eigenvalue weighted by Gasteiger charge is 2.23. The monoisotopic (exact) mass is 308 g/mol. The highest BCUT2D eigenvalue weighted by Crippen LogP contribution is 2.27. The number of hydrogen-bond acceptors (Lipinski definition) is 2. The minimum atomic E-state index is 0.181. The second-order valence-corrected chi connectivity index (χ2v) is 6.13. The van der Waals surface area contributed by atoms with Crippen LogP contribution >= 0.6 is 0 Å². The third kappa shape index (κ3) is 3.39. The van der Waals surface area contributed by atoms with E-state index in [1.807, 2.05) is 17.0 Å². The Hall–Kier alpha value is -2.29. The maximum atomic E-state index is 12.9. The number of carbonyl (C=O) groups excluding carboxylic acids is 1. The Labute approximate surface area is 138 Å². The lowest BCUT2D eigenvalue weighted by Gasteiger charge is -2.32. The molecule has 23 heavy (non-hydrogen) atoms. The molecule has 0 aromatic heterocycles. The molecule has 0 unspecified atom stereocenters. The van der Waals surface area contributed by atoms with Gasteiger partial charge in [0.15, 0.2) is 0 Å². The number of nitrogens with zero attached hydrogens (tertiary/aromatic N) is 2. The van der Waals surface area contributed by atoms with Crippen LogP contribution in [0.15, 0.2) is 48.5 Å². The number of rotatable bonds is 4. The first-order valence-corrected chi connectivity index (χ1v) is 8.39. The molecule has 0 N–H and O–H groups in total. The lowest BCUT2D eigenvalue weighted by molar-refractivity contribution is -0.117. The van der Waals surface area contributed by atoms with Gasteiger partial charge in [0.05, 0.1) is 6.54 Å². The summed E-state index contributed by atoms with van der Waals surface area (Å²) in [5.74, 6) is 0.181. The Balaban J connectivity index is 1.79. The molecule has 0 bridgehead atoms. The van der Waals surface area contributed by atoms with E-state index in [4.69, 9.17) is 0 Å². The van der Waals surface area contributed by atoms with Crippen molar-refractivity contribution in [3.63, 3.8) is 0 Å². The molecule has 1 heterocycles. The summed E-state index contributed by atoms with van der Waals surface area (Å²) in [5.41, 5.74) is 4.71. The summed E-state index contributed by atoms with van der Waals surface area (Å²) in [6, 6.07) is 16.6. The zero-order valence-corrected chi connectivity index (χ0v) is 14.0. The van der Waals surface area contributed by atoms with E-state index in [0.717, 1.165) is 37.3 Å². The quantitative estimate of drug-likeness (QED) is 0.857. The molecule has 3 heteroatoms. The number of fused-ring (bicyclic) bond motifs is 1. The zero-order chi connectivity index (χ0) is 16.2. The number of amides is 1. The molecule has 0 aliphatic carbocycles. The van der Waals surface area contributed by atoms with Crippen LogP contribution in [0.3, 0.4) is 0 Å². The Morgan fingerprint density at radius 1 is 1.17 bits per heavy atom. The molecule has 2 aromatic rings. The number of benzene rings is 2. The van der Waals surface area contributed by atoms with Crippen molar-refractivity contribution in [1.29, 1.82) is 0 Å². The summed E-state index contributed by atoms with van der Waals surface area (Å²) in [4.78, 5) is 17.0. The van der Waals surface area contributed by atoms with Crippen LogP contribution in [-0.4, -0.2) is 25.5 Å². The van der Waals surface area contributed by atoms with Gasteiger partial charge in [0.1, 0.15) is 0 Å². The van der Waals surface area contributed by atoms with Gasteiger partial charge in [-0.2, -0.15) is 0 Å². The molecule has 1 amide bonds. The fourth-order valence-electron chi connectivity index (χ4n) is 3.25. The van der Waals surface area contributed by atoms with Gasteiger partial charge in [-0.15, -0.1) is 0 Å². The molecule has 0 atom stereocenters. The first-order valence-electron chi connectivity index (χ1n) is 8.39. The Bertz CT molecular complexity index is 696. The topological polar surface area (TPSA) is 23.6 Å². The fraction of sp³-hybridized carbons (Fsp3) is 0.350. The summed E-state index contributed by atoms with van der Waals surface area (Å²) in [7, 11) is 0. The molecule has 0 fully saturated rings. The van der Waals surface area contributed by atoms with Crippen LogP contribution in [-0.2, 0) is 11.2 Å². The summed E-state index contributed by atoms with van der Waals surface area (Å²) < 4.78 is 0. The summed E-state index contributed by atoms with van der Waals surface area (Å²) in [6.07, 6.45) is 2.11. The van der Waals surface area contributed by atoms with E-state index in [1.165, 1.54) is 11.1 Å². The maximum Gasteiger partial charge on any atom is 0.246 e. The van der Waals surface area contributed by atoms with Crippen molar-refractivity contribution < 1.29 is 4.79 Å². The van der Waals surface area contributed by atoms with Crippen molar-refractivity contribution in [2.45, 2.75) is 26.7 Å². The van der Waals surface area contributed by atoms with Crippen molar-refractivity contribution in [2.75, 3.05) is 29.4 Å². The van der Waals surface area contributed by atoms with Crippen LogP contribution in [0.1, 0.15) is 24.5 Å². The van der Waals surface area contributed by atoms with E-state index in [0.29, 0.717) is 6.54 Å². The molecule has 1 aliphatic heterocycles. The van der Waals surface area contributed by atoms with E-state index in [-0.39, 0.29) is 5.91 Å². The number of hydrogen-bond donors (Lipinski definition) is 0. The van der Waals surface area contributed by atoms with Crippen LogP contribution in [0.5, 0.6) is 0 Å². The summed E-state index contributed by atoms with van der Waals surface area (Å²) in [6.45, 7) is 6.25. The third-order valence-corrected chi connectivity index (χ3v) is 4.49. The maximum absolute atomic E-state index is 12.9. The molecule has 3 nitrogen and oxygen atoms in total. The van der Waals surface area contributed by atoms with Crippen molar-refractivity contribution in [1.82, 2.24) is 0 Å². The van der Waals surface area contributed by atoms with Gasteiger partial charge in [0.25, 0.3) is 0 Å². The van der Waals surface area contributed by atoms with Crippen LogP contribution in [0.4, 0.5) is 11.4 Å². The smallest absolute Gasteiger partial charge is 0.246 e. The van der Waals surface area contributed by atoms with Crippen LogP contribution < -0.4 is 9.80 Å². The second kappa shape index (κ2) is 6.86. The average molecular weight is 308 g/mol. The molecular weight excluding hydrogens is 284 g/mol. The number of anilines is 2. The van der Waals surface area contributed by atoms with Gasteiger partial charge in [-0.1, -0.05) is 30.3 Å². The average Bonchev–Trinajstić information content (AvgIpc) is 2.59. The highest BCUT2D eigenvalue weighted by molar-refractivity contribution is 5.97. The number of carbonyl (C=O) groups is 1. The van der Waals surface area contributed by atoms with E-state index in [1.54, 1.807) is 0 Å². The first-order chi connectivity index (χ1) is 11.2. The second-order valence-electron chi connectivity index (χ2n) is 6.13. The normalized spacial score (nSPS) is 13.6. The molecule has 0 spiro atoms. The Kier molecular flexibility index (Phi) is 4.65. The highest BCUT2D eigenvalue weighted by atomic mass is 16.2. The van der Waals surface area contributed by atoms with E-state index < -0.39 is 0 Å². The Morgan fingerprint density at radius 3 is 2.78 bits per heavy atom. The van der Waals surface area contributed by atoms with Crippen LogP contribution in [0.25, 0.3) is 0 Å². The minimum Gasteiger partial charge on any atom is -0.362 e. The molecule has 0 saturated heterocycles. The molecule has 3 rings (SSSR count). The number of para-hydroxylation sites is 1. The van der Waals surface area contributed by atoms with Gasteiger partial charge >= 0.3 is 0 Å². The molecule has 120 valence electrons. The zero-order valence-electron chi connectivity index (χ0n) is 14.0. The van der Waals surface area contributed by atoms with Crippen molar-refractivity contribution in [3.8, 4) is 0 Å². The largest absolute Gasteiger partial charge is 0.362 e. The molecule has 1 aliphatic rings. The van der Waals surface area contributed by atoms with E-state index in [9.17, 15) is 4.79 Å². The molecular formula is C20H24N2O. The van der Waals surface area contributed by atoms with Crippen molar-refractivity contribution in [2.24, 2.45) is 0 Å². The number of likely N-dealkylation sites (N-methyl/N-ethyl adjacent to an activating group) is 1. The molecule has 0 saturated carbocycles. The lowest BCUT2D eigenvalue weighted by atomic mass is 10.0. The van der Waals surface area contributed by atoms with Crippen molar-refractivity contribution >= 4 is 17.3 Å². The van der Waals surface area contributed by atoms with Crippen molar-refractivity contribution in [3.05, 3.63) is 59.7 Å².